The van der Waals surface area contributed by atoms with E-state index in [9.17, 15) is 0 Å². The molecule has 1 saturated carbocycles. The van der Waals surface area contributed by atoms with Crippen LogP contribution in [-0.4, -0.2) is 11.0 Å². The first kappa shape index (κ1) is 13.0. The van der Waals surface area contributed by atoms with Gasteiger partial charge in [-0.3, -0.25) is 0 Å². The molecule has 1 aliphatic rings. The molecule has 2 unspecified atom stereocenters. The van der Waals surface area contributed by atoms with Crippen molar-refractivity contribution in [3.63, 3.8) is 0 Å². The van der Waals surface area contributed by atoms with Crippen LogP contribution in [0.2, 0.25) is 0 Å². The first-order chi connectivity index (χ1) is 8.20. The predicted octanol–water partition coefficient (Wildman–Crippen LogP) is 3.93. The molecule has 0 aromatic carbocycles. The highest BCUT2D eigenvalue weighted by molar-refractivity contribution is 7.11. The van der Waals surface area contributed by atoms with Crippen LogP contribution < -0.4 is 5.32 Å². The minimum atomic E-state index is 0.399. The second-order valence-corrected chi connectivity index (χ2v) is 6.39. The van der Waals surface area contributed by atoms with Crippen molar-refractivity contribution in [2.45, 2.75) is 65.0 Å². The number of rotatable bonds is 5. The zero-order valence-electron chi connectivity index (χ0n) is 11.2. The van der Waals surface area contributed by atoms with E-state index < -0.39 is 0 Å². The zero-order valence-corrected chi connectivity index (χ0v) is 12.0. The summed E-state index contributed by atoms with van der Waals surface area (Å²) in [5.74, 6) is 0.878. The van der Waals surface area contributed by atoms with Crippen molar-refractivity contribution in [1.82, 2.24) is 10.3 Å². The highest BCUT2D eigenvalue weighted by atomic mass is 32.1. The summed E-state index contributed by atoms with van der Waals surface area (Å²) in [5.41, 5.74) is 0. The normalized spacial score (nSPS) is 20.6. The van der Waals surface area contributed by atoms with Crippen LogP contribution in [0.15, 0.2) is 6.20 Å². The number of nitrogens with one attached hydrogen (secondary N) is 1. The Morgan fingerprint density at radius 3 is 2.71 bits per heavy atom. The summed E-state index contributed by atoms with van der Waals surface area (Å²) in [7, 11) is 0. The van der Waals surface area contributed by atoms with Gasteiger partial charge >= 0.3 is 0 Å². The van der Waals surface area contributed by atoms with Crippen molar-refractivity contribution in [1.29, 1.82) is 0 Å². The van der Waals surface area contributed by atoms with Gasteiger partial charge in [0.05, 0.1) is 6.04 Å². The Bertz CT molecular complexity index is 342. The van der Waals surface area contributed by atoms with Crippen LogP contribution >= 0.6 is 11.3 Å². The van der Waals surface area contributed by atoms with E-state index in [0.29, 0.717) is 12.1 Å². The van der Waals surface area contributed by atoms with Gasteiger partial charge in [-0.1, -0.05) is 19.8 Å². The quantitative estimate of drug-likeness (QED) is 0.858. The van der Waals surface area contributed by atoms with Gasteiger partial charge in [-0.05, 0) is 39.0 Å². The highest BCUT2D eigenvalue weighted by Gasteiger charge is 2.23. The van der Waals surface area contributed by atoms with Gasteiger partial charge in [0.25, 0.3) is 0 Å². The Morgan fingerprint density at radius 2 is 2.12 bits per heavy atom. The van der Waals surface area contributed by atoms with Gasteiger partial charge in [0.15, 0.2) is 0 Å². The maximum absolute atomic E-state index is 4.52. The summed E-state index contributed by atoms with van der Waals surface area (Å²) < 4.78 is 0. The summed E-state index contributed by atoms with van der Waals surface area (Å²) in [6.07, 6.45) is 8.77. The van der Waals surface area contributed by atoms with E-state index in [2.05, 4.69) is 31.1 Å². The summed E-state index contributed by atoms with van der Waals surface area (Å²) in [4.78, 5) is 5.91. The Kier molecular flexibility index (Phi) is 4.57. The van der Waals surface area contributed by atoms with Crippen molar-refractivity contribution in [3.8, 4) is 0 Å². The average Bonchev–Trinajstić information content (AvgIpc) is 3.00. The number of hydrogen-bond donors (Lipinski definition) is 1. The number of thiazole rings is 1. The molecule has 0 aliphatic heterocycles. The van der Waals surface area contributed by atoms with Gasteiger partial charge in [0.2, 0.25) is 0 Å². The molecule has 3 heteroatoms. The molecule has 2 atom stereocenters. The van der Waals surface area contributed by atoms with Crippen LogP contribution in [0.4, 0.5) is 0 Å². The highest BCUT2D eigenvalue weighted by Crippen LogP contribution is 2.29. The fourth-order valence-electron chi connectivity index (χ4n) is 2.75. The largest absolute Gasteiger partial charge is 0.305 e. The predicted molar refractivity (Wildman–Crippen MR) is 74.5 cm³/mol. The molecule has 1 aromatic rings. The second-order valence-electron chi connectivity index (χ2n) is 5.24. The smallest absolute Gasteiger partial charge is 0.109 e. The summed E-state index contributed by atoms with van der Waals surface area (Å²) in [5, 5.41) is 4.97. The lowest BCUT2D eigenvalue weighted by Crippen LogP contribution is -2.34. The molecule has 0 bridgehead atoms. The molecule has 96 valence electrons. The molecule has 1 heterocycles. The van der Waals surface area contributed by atoms with Crippen LogP contribution in [0.1, 0.15) is 62.4 Å². The van der Waals surface area contributed by atoms with Gasteiger partial charge in [-0.2, -0.15) is 0 Å². The maximum Gasteiger partial charge on any atom is 0.109 e. The molecule has 2 nitrogen and oxygen atoms in total. The van der Waals surface area contributed by atoms with Crippen LogP contribution in [0.3, 0.4) is 0 Å². The second kappa shape index (κ2) is 5.96. The van der Waals surface area contributed by atoms with Gasteiger partial charge < -0.3 is 5.32 Å². The monoisotopic (exact) mass is 252 g/mol. The van der Waals surface area contributed by atoms with E-state index in [1.807, 2.05) is 17.5 Å². The van der Waals surface area contributed by atoms with Gasteiger partial charge in [-0.25, -0.2) is 4.98 Å². The third-order valence-electron chi connectivity index (χ3n) is 3.91. The van der Waals surface area contributed by atoms with Crippen LogP contribution in [0, 0.1) is 5.92 Å². The summed E-state index contributed by atoms with van der Waals surface area (Å²) >= 11 is 1.85. The minimum absolute atomic E-state index is 0.399. The molecule has 0 amide bonds. The SMILES string of the molecule is CCc1cnc(C(C)NC(C)C2CCCC2)s1. The lowest BCUT2D eigenvalue weighted by atomic mass is 9.99. The number of nitrogens with zero attached hydrogens (tertiary/aromatic N) is 1. The van der Waals surface area contributed by atoms with Crippen molar-refractivity contribution in [3.05, 3.63) is 16.1 Å². The van der Waals surface area contributed by atoms with E-state index in [4.69, 9.17) is 0 Å². The average molecular weight is 252 g/mol. The number of aryl methyl sites for hydroxylation is 1. The minimum Gasteiger partial charge on any atom is -0.305 e. The fraction of sp³-hybridized carbons (Fsp3) is 0.786. The van der Waals surface area contributed by atoms with E-state index in [-0.39, 0.29) is 0 Å². The first-order valence-electron chi connectivity index (χ1n) is 6.91. The lowest BCUT2D eigenvalue weighted by molar-refractivity contribution is 0.352. The number of aromatic nitrogens is 1. The number of hydrogen-bond acceptors (Lipinski definition) is 3. The Morgan fingerprint density at radius 1 is 1.41 bits per heavy atom. The van der Waals surface area contributed by atoms with E-state index in [0.717, 1.165) is 12.3 Å². The molecule has 1 fully saturated rings. The Hall–Kier alpha value is -0.410. The van der Waals surface area contributed by atoms with E-state index in [1.54, 1.807) is 0 Å². The van der Waals surface area contributed by atoms with Crippen molar-refractivity contribution in [2.75, 3.05) is 0 Å². The van der Waals surface area contributed by atoms with E-state index >= 15 is 0 Å². The molecule has 0 saturated heterocycles. The van der Waals surface area contributed by atoms with Gasteiger partial charge in [0.1, 0.15) is 5.01 Å². The molecule has 1 aliphatic carbocycles. The lowest BCUT2D eigenvalue weighted by Gasteiger charge is -2.23. The zero-order chi connectivity index (χ0) is 12.3. The van der Waals surface area contributed by atoms with Crippen LogP contribution in [0.5, 0.6) is 0 Å². The maximum atomic E-state index is 4.52. The van der Waals surface area contributed by atoms with Crippen molar-refractivity contribution >= 4 is 11.3 Å². The molecule has 1 N–H and O–H groups in total. The molecule has 0 radical (unpaired) electrons. The van der Waals surface area contributed by atoms with E-state index in [1.165, 1.54) is 35.6 Å². The van der Waals surface area contributed by atoms with Gasteiger partial charge in [0, 0.05) is 17.1 Å². The van der Waals surface area contributed by atoms with Crippen LogP contribution in [0.25, 0.3) is 0 Å². The molecular formula is C14H24N2S. The van der Waals surface area contributed by atoms with Crippen molar-refractivity contribution in [2.24, 2.45) is 5.92 Å². The fourth-order valence-corrected chi connectivity index (χ4v) is 3.61. The van der Waals surface area contributed by atoms with Crippen LogP contribution in [-0.2, 0) is 6.42 Å². The first-order valence-corrected chi connectivity index (χ1v) is 7.73. The molecule has 17 heavy (non-hydrogen) atoms. The topological polar surface area (TPSA) is 24.9 Å². The standard InChI is InChI=1S/C14H24N2S/c1-4-13-9-15-14(17-13)11(3)16-10(2)12-7-5-6-8-12/h9-12,16H,4-8H2,1-3H3. The van der Waals surface area contributed by atoms with Gasteiger partial charge in [-0.15, -0.1) is 11.3 Å². The summed E-state index contributed by atoms with van der Waals surface area (Å²) in [6.45, 7) is 6.76. The molecule has 2 rings (SSSR count). The molecule has 1 aromatic heterocycles. The van der Waals surface area contributed by atoms with Crippen molar-refractivity contribution < 1.29 is 0 Å². The summed E-state index contributed by atoms with van der Waals surface area (Å²) in [6, 6.07) is 1.03. The Labute approximate surface area is 109 Å². The third-order valence-corrected chi connectivity index (χ3v) is 5.23. The third kappa shape index (κ3) is 3.29. The Balaban J connectivity index is 1.89. The molecule has 0 spiro atoms. The molecular weight excluding hydrogens is 228 g/mol.